The average Bonchev–Trinajstić information content (AvgIpc) is 2.44. The number of aldehydes is 1. The number of rotatable bonds is 3. The largest absolute Gasteiger partial charge is 0.303 e. The first-order valence-corrected chi connectivity index (χ1v) is 6.23. The lowest BCUT2D eigenvalue weighted by molar-refractivity contribution is -0.107. The quantitative estimate of drug-likeness (QED) is 0.492. The topological polar surface area (TPSA) is 17.1 Å². The van der Waals surface area contributed by atoms with E-state index in [4.69, 9.17) is 0 Å². The molecule has 0 spiro atoms. The van der Waals surface area contributed by atoms with Gasteiger partial charge in [-0.05, 0) is 33.5 Å². The van der Waals surface area contributed by atoms with E-state index < -0.39 is 0 Å². The van der Waals surface area contributed by atoms with Crippen LogP contribution >= 0.6 is 0 Å². The molecule has 3 rings (SSSR count). The summed E-state index contributed by atoms with van der Waals surface area (Å²) in [5.74, 6) is 0. The third kappa shape index (κ3) is 1.78. The summed E-state index contributed by atoms with van der Waals surface area (Å²) >= 11 is 0. The monoisotopic (exact) mass is 234 g/mol. The molecule has 0 bridgehead atoms. The van der Waals surface area contributed by atoms with E-state index >= 15 is 0 Å². The third-order valence-electron chi connectivity index (χ3n) is 3.41. The molecule has 3 aromatic rings. The van der Waals surface area contributed by atoms with Crippen LogP contribution in [0.15, 0.2) is 54.6 Å². The second kappa shape index (κ2) is 4.61. The van der Waals surface area contributed by atoms with Gasteiger partial charge in [0.05, 0.1) is 0 Å². The molecule has 0 atom stereocenters. The maximum absolute atomic E-state index is 10.5. The molecule has 88 valence electrons. The fraction of sp³-hybridized carbons (Fsp3) is 0.118. The summed E-state index contributed by atoms with van der Waals surface area (Å²) in [6.07, 6.45) is 2.39. The molecule has 0 saturated heterocycles. The molecule has 0 heterocycles. The molecule has 3 aromatic carbocycles. The van der Waals surface area contributed by atoms with Crippen molar-refractivity contribution >= 4 is 27.8 Å². The predicted molar refractivity (Wildman–Crippen MR) is 75.8 cm³/mol. The van der Waals surface area contributed by atoms with E-state index in [1.54, 1.807) is 0 Å². The zero-order valence-electron chi connectivity index (χ0n) is 10.1. The summed E-state index contributed by atoms with van der Waals surface area (Å²) in [6.45, 7) is 0. The molecule has 0 radical (unpaired) electrons. The number of fused-ring (bicyclic) bond motifs is 3. The minimum atomic E-state index is 0.589. The third-order valence-corrected chi connectivity index (χ3v) is 3.41. The van der Waals surface area contributed by atoms with Crippen molar-refractivity contribution in [3.63, 3.8) is 0 Å². The molecule has 0 N–H and O–H groups in total. The normalized spacial score (nSPS) is 10.9. The van der Waals surface area contributed by atoms with Gasteiger partial charge in [0.1, 0.15) is 6.29 Å². The Morgan fingerprint density at radius 3 is 2.50 bits per heavy atom. The second-order valence-electron chi connectivity index (χ2n) is 4.50. The van der Waals surface area contributed by atoms with Crippen LogP contribution in [0.25, 0.3) is 21.5 Å². The molecular weight excluding hydrogens is 220 g/mol. The van der Waals surface area contributed by atoms with Crippen LogP contribution in [0.4, 0.5) is 0 Å². The lowest BCUT2D eigenvalue weighted by Crippen LogP contribution is -1.88. The first-order chi connectivity index (χ1) is 8.90. The highest BCUT2D eigenvalue weighted by Crippen LogP contribution is 2.27. The molecule has 0 saturated carbocycles. The van der Waals surface area contributed by atoms with Crippen molar-refractivity contribution in [3.05, 3.63) is 60.2 Å². The van der Waals surface area contributed by atoms with E-state index in [2.05, 4.69) is 54.6 Å². The Hall–Kier alpha value is -2.15. The van der Waals surface area contributed by atoms with Gasteiger partial charge in [-0.2, -0.15) is 0 Å². The minimum Gasteiger partial charge on any atom is -0.303 e. The second-order valence-corrected chi connectivity index (χ2v) is 4.50. The van der Waals surface area contributed by atoms with Gasteiger partial charge in [0.2, 0.25) is 0 Å². The molecule has 18 heavy (non-hydrogen) atoms. The van der Waals surface area contributed by atoms with Gasteiger partial charge in [0, 0.05) is 6.42 Å². The summed E-state index contributed by atoms with van der Waals surface area (Å²) in [5, 5.41) is 5.08. The summed E-state index contributed by atoms with van der Waals surface area (Å²) in [4.78, 5) is 10.5. The number of aryl methyl sites for hydroxylation is 1. The molecule has 0 aromatic heterocycles. The highest BCUT2D eigenvalue weighted by Gasteiger charge is 2.03. The molecule has 0 unspecified atom stereocenters. The van der Waals surface area contributed by atoms with E-state index in [-0.39, 0.29) is 0 Å². The fourth-order valence-electron chi connectivity index (χ4n) is 2.54. The molecular formula is C17H14O. The van der Waals surface area contributed by atoms with E-state index in [1.807, 2.05) is 0 Å². The molecule has 0 amide bonds. The summed E-state index contributed by atoms with van der Waals surface area (Å²) in [7, 11) is 0. The van der Waals surface area contributed by atoms with Crippen molar-refractivity contribution in [1.82, 2.24) is 0 Å². The van der Waals surface area contributed by atoms with E-state index in [0.29, 0.717) is 6.42 Å². The zero-order chi connectivity index (χ0) is 12.4. The van der Waals surface area contributed by atoms with Gasteiger partial charge >= 0.3 is 0 Å². The van der Waals surface area contributed by atoms with Crippen LogP contribution in [-0.2, 0) is 11.2 Å². The van der Waals surface area contributed by atoms with E-state index in [0.717, 1.165) is 12.7 Å². The molecule has 1 nitrogen and oxygen atoms in total. The number of carbonyl (C=O) groups is 1. The van der Waals surface area contributed by atoms with Gasteiger partial charge in [0.25, 0.3) is 0 Å². The molecule has 1 heteroatoms. The first kappa shape index (κ1) is 11.0. The Morgan fingerprint density at radius 2 is 1.61 bits per heavy atom. The van der Waals surface area contributed by atoms with Crippen LogP contribution in [0, 0.1) is 0 Å². The molecule has 0 aliphatic carbocycles. The summed E-state index contributed by atoms with van der Waals surface area (Å²) in [6, 6.07) is 19.1. The van der Waals surface area contributed by atoms with Crippen molar-refractivity contribution < 1.29 is 4.79 Å². The van der Waals surface area contributed by atoms with Gasteiger partial charge in [-0.1, -0.05) is 54.6 Å². The Morgan fingerprint density at radius 1 is 0.778 bits per heavy atom. The zero-order valence-corrected chi connectivity index (χ0v) is 10.1. The minimum absolute atomic E-state index is 0.589. The van der Waals surface area contributed by atoms with Crippen LogP contribution in [-0.4, -0.2) is 6.29 Å². The lowest BCUT2D eigenvalue weighted by atomic mass is 9.96. The van der Waals surface area contributed by atoms with Gasteiger partial charge < -0.3 is 4.79 Å². The fourth-order valence-corrected chi connectivity index (χ4v) is 2.54. The molecule has 0 fully saturated rings. The number of hydrogen-bond acceptors (Lipinski definition) is 1. The Bertz CT molecular complexity index is 713. The Balaban J connectivity index is 2.29. The van der Waals surface area contributed by atoms with Gasteiger partial charge in [0.15, 0.2) is 0 Å². The number of carbonyl (C=O) groups excluding carboxylic acids is 1. The van der Waals surface area contributed by atoms with E-state index in [9.17, 15) is 4.79 Å². The highest BCUT2D eigenvalue weighted by molar-refractivity contribution is 6.08. The van der Waals surface area contributed by atoms with Crippen LogP contribution in [0.2, 0.25) is 0 Å². The SMILES string of the molecule is O=CCCc1cccc2c1ccc1ccccc12. The Kier molecular flexibility index (Phi) is 2.81. The maximum Gasteiger partial charge on any atom is 0.120 e. The standard InChI is InChI=1S/C17H14O/c18-12-4-7-13-6-3-9-17-15-8-2-1-5-14(15)10-11-16(13)17/h1-3,5-6,8-12H,4,7H2. The van der Waals surface area contributed by atoms with Crippen molar-refractivity contribution in [3.8, 4) is 0 Å². The van der Waals surface area contributed by atoms with Crippen molar-refractivity contribution in [1.29, 1.82) is 0 Å². The number of benzene rings is 3. The van der Waals surface area contributed by atoms with Crippen molar-refractivity contribution in [2.75, 3.05) is 0 Å². The summed E-state index contributed by atoms with van der Waals surface area (Å²) < 4.78 is 0. The number of hydrogen-bond donors (Lipinski definition) is 0. The van der Waals surface area contributed by atoms with Crippen molar-refractivity contribution in [2.45, 2.75) is 12.8 Å². The van der Waals surface area contributed by atoms with Crippen molar-refractivity contribution in [2.24, 2.45) is 0 Å². The van der Waals surface area contributed by atoms with Crippen LogP contribution < -0.4 is 0 Å². The smallest absolute Gasteiger partial charge is 0.120 e. The van der Waals surface area contributed by atoms with Crippen LogP contribution in [0.1, 0.15) is 12.0 Å². The lowest BCUT2D eigenvalue weighted by Gasteiger charge is -2.08. The highest BCUT2D eigenvalue weighted by atomic mass is 16.1. The van der Waals surface area contributed by atoms with Gasteiger partial charge in [-0.25, -0.2) is 0 Å². The van der Waals surface area contributed by atoms with Crippen LogP contribution in [0.5, 0.6) is 0 Å². The molecule has 0 aliphatic heterocycles. The van der Waals surface area contributed by atoms with Gasteiger partial charge in [-0.15, -0.1) is 0 Å². The predicted octanol–water partition coefficient (Wildman–Crippen LogP) is 4.12. The first-order valence-electron chi connectivity index (χ1n) is 6.23. The van der Waals surface area contributed by atoms with Crippen LogP contribution in [0.3, 0.4) is 0 Å². The van der Waals surface area contributed by atoms with Gasteiger partial charge in [-0.3, -0.25) is 0 Å². The molecule has 0 aliphatic rings. The van der Waals surface area contributed by atoms with E-state index in [1.165, 1.54) is 27.1 Å². The Labute approximate surface area is 106 Å². The average molecular weight is 234 g/mol. The summed E-state index contributed by atoms with van der Waals surface area (Å²) in [5.41, 5.74) is 1.25. The maximum atomic E-state index is 10.5.